The van der Waals surface area contributed by atoms with Gasteiger partial charge in [0.25, 0.3) is 10.1 Å². The highest BCUT2D eigenvalue weighted by molar-refractivity contribution is 7.87. The third-order valence-corrected chi connectivity index (χ3v) is 2.48. The average Bonchev–Trinajstić information content (AvgIpc) is 1.85. The normalized spacial score (nSPS) is 17.0. The SMILES string of the molecule is CC(N)C(=O)C(CN)S(=O)(=O)O. The summed E-state index contributed by atoms with van der Waals surface area (Å²) < 4.78 is 29.5. The van der Waals surface area contributed by atoms with E-state index >= 15 is 0 Å². The van der Waals surface area contributed by atoms with Crippen LogP contribution in [0.15, 0.2) is 0 Å². The Balaban J connectivity index is 4.71. The van der Waals surface area contributed by atoms with Crippen molar-refractivity contribution < 1.29 is 17.8 Å². The molecule has 0 aliphatic carbocycles. The molecule has 0 rings (SSSR count). The molecule has 0 saturated carbocycles. The van der Waals surface area contributed by atoms with Crippen LogP contribution in [0.4, 0.5) is 0 Å². The molecule has 72 valence electrons. The van der Waals surface area contributed by atoms with Gasteiger partial charge in [-0.3, -0.25) is 9.35 Å². The molecule has 6 nitrogen and oxygen atoms in total. The Hall–Kier alpha value is -0.500. The number of hydrogen-bond acceptors (Lipinski definition) is 5. The molecule has 0 bridgehead atoms. The summed E-state index contributed by atoms with van der Waals surface area (Å²) >= 11 is 0. The van der Waals surface area contributed by atoms with E-state index < -0.39 is 33.7 Å². The van der Waals surface area contributed by atoms with Crippen LogP contribution in [0.1, 0.15) is 6.92 Å². The number of nitrogens with two attached hydrogens (primary N) is 2. The van der Waals surface area contributed by atoms with Crippen molar-refractivity contribution in [3.63, 3.8) is 0 Å². The Bertz CT molecular complexity index is 259. The zero-order valence-corrected chi connectivity index (χ0v) is 7.41. The summed E-state index contributed by atoms with van der Waals surface area (Å²) in [6.07, 6.45) is 0. The van der Waals surface area contributed by atoms with Gasteiger partial charge in [-0.15, -0.1) is 0 Å². The van der Waals surface area contributed by atoms with Crippen LogP contribution in [0, 0.1) is 0 Å². The first-order chi connectivity index (χ1) is 5.30. The molecule has 0 aromatic rings. The van der Waals surface area contributed by atoms with Crippen LogP contribution in [0.3, 0.4) is 0 Å². The van der Waals surface area contributed by atoms with Crippen molar-refractivity contribution in [2.75, 3.05) is 6.54 Å². The highest BCUT2D eigenvalue weighted by Crippen LogP contribution is 2.00. The van der Waals surface area contributed by atoms with Gasteiger partial charge >= 0.3 is 0 Å². The monoisotopic (exact) mass is 196 g/mol. The Labute approximate surface area is 70.7 Å². The minimum atomic E-state index is -4.41. The lowest BCUT2D eigenvalue weighted by atomic mass is 10.1. The molecule has 0 spiro atoms. The molecule has 2 atom stereocenters. The Morgan fingerprint density at radius 1 is 1.58 bits per heavy atom. The molecule has 0 radical (unpaired) electrons. The van der Waals surface area contributed by atoms with E-state index in [1.165, 1.54) is 6.92 Å². The predicted molar refractivity (Wildman–Crippen MR) is 43.0 cm³/mol. The summed E-state index contributed by atoms with van der Waals surface area (Å²) in [6, 6.07) is -0.944. The second-order valence-corrected chi connectivity index (χ2v) is 4.03. The molecular formula is C5H12N2O4S. The third-order valence-electron chi connectivity index (χ3n) is 1.34. The maximum atomic E-state index is 11.0. The summed E-state index contributed by atoms with van der Waals surface area (Å²) in [4.78, 5) is 11.0. The lowest BCUT2D eigenvalue weighted by Crippen LogP contribution is -2.44. The van der Waals surface area contributed by atoms with Crippen LogP contribution in [0.2, 0.25) is 0 Å². The maximum Gasteiger partial charge on any atom is 0.276 e. The average molecular weight is 196 g/mol. The highest BCUT2D eigenvalue weighted by Gasteiger charge is 2.31. The van der Waals surface area contributed by atoms with E-state index in [4.69, 9.17) is 16.0 Å². The molecule has 12 heavy (non-hydrogen) atoms. The first-order valence-corrected chi connectivity index (χ1v) is 4.76. The van der Waals surface area contributed by atoms with E-state index in [1.54, 1.807) is 0 Å². The number of hydrogen-bond donors (Lipinski definition) is 3. The second-order valence-electron chi connectivity index (χ2n) is 2.43. The first-order valence-electron chi connectivity index (χ1n) is 3.26. The molecule has 0 saturated heterocycles. The number of carbonyl (C=O) groups excluding carboxylic acids is 1. The minimum Gasteiger partial charge on any atom is -0.329 e. The standard InChI is InChI=1S/C5H12N2O4S/c1-3(7)5(8)4(2-6)12(9,10)11/h3-4H,2,6-7H2,1H3,(H,9,10,11). The summed E-state index contributed by atoms with van der Waals surface area (Å²) in [5.41, 5.74) is 10.1. The molecule has 7 heteroatoms. The second kappa shape index (κ2) is 3.94. The van der Waals surface area contributed by atoms with Crippen molar-refractivity contribution in [2.45, 2.75) is 18.2 Å². The molecule has 5 N–H and O–H groups in total. The van der Waals surface area contributed by atoms with E-state index in [9.17, 15) is 13.2 Å². The third kappa shape index (κ3) is 2.86. The van der Waals surface area contributed by atoms with Crippen LogP contribution >= 0.6 is 0 Å². The van der Waals surface area contributed by atoms with E-state index in [0.717, 1.165) is 0 Å². The smallest absolute Gasteiger partial charge is 0.276 e. The molecule has 0 aliphatic rings. The van der Waals surface area contributed by atoms with Gasteiger partial charge in [0.05, 0.1) is 6.04 Å². The lowest BCUT2D eigenvalue weighted by Gasteiger charge is -2.11. The summed E-state index contributed by atoms with van der Waals surface area (Å²) in [5.74, 6) is -0.778. The van der Waals surface area contributed by atoms with Crippen LogP contribution < -0.4 is 11.5 Å². The van der Waals surface area contributed by atoms with Crippen molar-refractivity contribution in [3.05, 3.63) is 0 Å². The first kappa shape index (κ1) is 11.5. The zero-order chi connectivity index (χ0) is 9.94. The van der Waals surface area contributed by atoms with Gasteiger partial charge in [0, 0.05) is 6.54 Å². The van der Waals surface area contributed by atoms with E-state index in [-0.39, 0.29) is 0 Å². The molecular weight excluding hydrogens is 184 g/mol. The van der Waals surface area contributed by atoms with Crippen LogP contribution in [0.25, 0.3) is 0 Å². The van der Waals surface area contributed by atoms with E-state index in [1.807, 2.05) is 0 Å². The Morgan fingerprint density at radius 2 is 2.00 bits per heavy atom. The molecule has 0 aromatic heterocycles. The van der Waals surface area contributed by atoms with Gasteiger partial charge in [0.15, 0.2) is 11.0 Å². The molecule has 0 fully saturated rings. The van der Waals surface area contributed by atoms with Gasteiger partial charge < -0.3 is 11.5 Å². The van der Waals surface area contributed by atoms with Crippen molar-refractivity contribution >= 4 is 15.9 Å². The van der Waals surface area contributed by atoms with Gasteiger partial charge in [0.2, 0.25) is 0 Å². The van der Waals surface area contributed by atoms with Gasteiger partial charge in [0.1, 0.15) is 0 Å². The summed E-state index contributed by atoms with van der Waals surface area (Å²) in [7, 11) is -4.41. The van der Waals surface area contributed by atoms with Crippen molar-refractivity contribution in [1.29, 1.82) is 0 Å². The zero-order valence-electron chi connectivity index (χ0n) is 6.60. The maximum absolute atomic E-state index is 11.0. The fraction of sp³-hybridized carbons (Fsp3) is 0.800. The summed E-state index contributed by atoms with van der Waals surface area (Å²) in [5, 5.41) is -1.60. The molecule has 0 aromatic carbocycles. The largest absolute Gasteiger partial charge is 0.329 e. The fourth-order valence-corrected chi connectivity index (χ4v) is 1.43. The number of Topliss-reactive ketones (excluding diaryl/α,β-unsaturated/α-hetero) is 1. The van der Waals surface area contributed by atoms with Crippen LogP contribution in [-0.4, -0.2) is 36.6 Å². The van der Waals surface area contributed by atoms with Gasteiger partial charge in [-0.05, 0) is 6.92 Å². The van der Waals surface area contributed by atoms with E-state index in [0.29, 0.717) is 0 Å². The molecule has 0 heterocycles. The van der Waals surface area contributed by atoms with Gasteiger partial charge in [-0.1, -0.05) is 0 Å². The Morgan fingerprint density at radius 3 is 2.08 bits per heavy atom. The van der Waals surface area contributed by atoms with Gasteiger partial charge in [-0.25, -0.2) is 0 Å². The fourth-order valence-electron chi connectivity index (χ4n) is 0.678. The Kier molecular flexibility index (Phi) is 3.78. The number of ketones is 1. The van der Waals surface area contributed by atoms with Crippen LogP contribution in [-0.2, 0) is 14.9 Å². The van der Waals surface area contributed by atoms with Gasteiger partial charge in [-0.2, -0.15) is 8.42 Å². The molecule has 0 aliphatic heterocycles. The van der Waals surface area contributed by atoms with Crippen molar-refractivity contribution in [3.8, 4) is 0 Å². The van der Waals surface area contributed by atoms with E-state index in [2.05, 4.69) is 0 Å². The minimum absolute atomic E-state index is 0.459. The quantitative estimate of drug-likeness (QED) is 0.452. The summed E-state index contributed by atoms with van der Waals surface area (Å²) in [6.45, 7) is 0.870. The molecule has 0 amide bonds. The van der Waals surface area contributed by atoms with Crippen LogP contribution in [0.5, 0.6) is 0 Å². The van der Waals surface area contributed by atoms with Crippen molar-refractivity contribution in [1.82, 2.24) is 0 Å². The topological polar surface area (TPSA) is 123 Å². The van der Waals surface area contributed by atoms with Crippen molar-refractivity contribution in [2.24, 2.45) is 11.5 Å². The predicted octanol–water partition coefficient (Wildman–Crippen LogP) is -1.88. The highest BCUT2D eigenvalue weighted by atomic mass is 32.2. The lowest BCUT2D eigenvalue weighted by molar-refractivity contribution is -0.119. The number of rotatable bonds is 4. The number of carbonyl (C=O) groups is 1. The molecule has 2 unspecified atom stereocenters.